The zero-order chi connectivity index (χ0) is 11.7. The average Bonchev–Trinajstić information content (AvgIpc) is 2.58. The number of carbonyl (C=O) groups excluding carboxylic acids is 1. The Bertz CT molecular complexity index is 547. The van der Waals surface area contributed by atoms with Gasteiger partial charge in [-0.1, -0.05) is 6.07 Å². The fourth-order valence-corrected chi connectivity index (χ4v) is 2.09. The molecule has 0 amide bonds. The molecule has 2 rings (SSSR count). The van der Waals surface area contributed by atoms with E-state index in [0.717, 1.165) is 4.47 Å². The highest BCUT2D eigenvalue weighted by atomic mass is 79.9. The minimum absolute atomic E-state index is 0.0825. The fourth-order valence-electron chi connectivity index (χ4n) is 1.54. The lowest BCUT2D eigenvalue weighted by atomic mass is 10.2. The van der Waals surface area contributed by atoms with Crippen molar-refractivity contribution in [3.8, 4) is 5.75 Å². The number of benzene rings is 1. The summed E-state index contributed by atoms with van der Waals surface area (Å²) in [7, 11) is 0. The van der Waals surface area contributed by atoms with Crippen molar-refractivity contribution in [3.63, 3.8) is 0 Å². The van der Waals surface area contributed by atoms with Gasteiger partial charge in [-0.3, -0.25) is 0 Å². The number of rotatable bonds is 2. The van der Waals surface area contributed by atoms with E-state index in [0.29, 0.717) is 10.9 Å². The van der Waals surface area contributed by atoms with Gasteiger partial charge in [-0.2, -0.15) is 0 Å². The van der Waals surface area contributed by atoms with Crippen molar-refractivity contribution in [1.29, 1.82) is 0 Å². The van der Waals surface area contributed by atoms with Crippen LogP contribution in [0.5, 0.6) is 5.75 Å². The SMILES string of the molecule is CCOC(=O)c1[nH]c2cccc(Br)c2c1O. The van der Waals surface area contributed by atoms with Crippen molar-refractivity contribution < 1.29 is 14.6 Å². The van der Waals surface area contributed by atoms with Crippen LogP contribution in [0.2, 0.25) is 0 Å². The summed E-state index contributed by atoms with van der Waals surface area (Å²) in [5.41, 5.74) is 0.777. The Hall–Kier alpha value is -1.49. The minimum Gasteiger partial charge on any atom is -0.505 e. The summed E-state index contributed by atoms with van der Waals surface area (Å²) in [6.45, 7) is 1.99. The van der Waals surface area contributed by atoms with Gasteiger partial charge in [0.15, 0.2) is 11.4 Å². The number of hydrogen-bond donors (Lipinski definition) is 2. The van der Waals surface area contributed by atoms with Crippen LogP contribution in [0.4, 0.5) is 0 Å². The van der Waals surface area contributed by atoms with E-state index in [2.05, 4.69) is 20.9 Å². The molecule has 0 unspecified atom stereocenters. The van der Waals surface area contributed by atoms with E-state index in [1.165, 1.54) is 0 Å². The van der Waals surface area contributed by atoms with Gasteiger partial charge in [0.2, 0.25) is 0 Å². The number of fused-ring (bicyclic) bond motifs is 1. The van der Waals surface area contributed by atoms with Crippen LogP contribution in [0.15, 0.2) is 22.7 Å². The van der Waals surface area contributed by atoms with Crippen molar-refractivity contribution in [2.24, 2.45) is 0 Å². The molecule has 1 aromatic carbocycles. The van der Waals surface area contributed by atoms with Gasteiger partial charge in [0.1, 0.15) is 0 Å². The Morgan fingerprint density at radius 3 is 2.94 bits per heavy atom. The summed E-state index contributed by atoms with van der Waals surface area (Å²) < 4.78 is 5.56. The first-order valence-electron chi connectivity index (χ1n) is 4.81. The summed E-state index contributed by atoms with van der Waals surface area (Å²) in [4.78, 5) is 14.4. The zero-order valence-corrected chi connectivity index (χ0v) is 10.2. The van der Waals surface area contributed by atoms with E-state index in [9.17, 15) is 9.90 Å². The van der Waals surface area contributed by atoms with Crippen molar-refractivity contribution in [1.82, 2.24) is 4.98 Å². The number of nitrogens with one attached hydrogen (secondary N) is 1. The number of aromatic amines is 1. The first kappa shape index (κ1) is 11.0. The Labute approximate surface area is 100 Å². The Kier molecular flexibility index (Phi) is 2.87. The Balaban J connectivity index is 2.61. The molecule has 2 N–H and O–H groups in total. The number of aromatic nitrogens is 1. The van der Waals surface area contributed by atoms with Crippen LogP contribution in [-0.4, -0.2) is 22.7 Å². The van der Waals surface area contributed by atoms with Crippen LogP contribution < -0.4 is 0 Å². The van der Waals surface area contributed by atoms with Gasteiger partial charge >= 0.3 is 5.97 Å². The van der Waals surface area contributed by atoms with Crippen LogP contribution >= 0.6 is 15.9 Å². The highest BCUT2D eigenvalue weighted by Crippen LogP contribution is 2.34. The van der Waals surface area contributed by atoms with E-state index < -0.39 is 5.97 Å². The van der Waals surface area contributed by atoms with E-state index >= 15 is 0 Å². The van der Waals surface area contributed by atoms with E-state index in [1.54, 1.807) is 19.1 Å². The number of halogens is 1. The molecule has 0 aliphatic carbocycles. The molecule has 0 atom stereocenters. The lowest BCUT2D eigenvalue weighted by molar-refractivity contribution is 0.0517. The van der Waals surface area contributed by atoms with Gasteiger partial charge in [-0.05, 0) is 35.0 Å². The third-order valence-electron chi connectivity index (χ3n) is 2.23. The van der Waals surface area contributed by atoms with Crippen molar-refractivity contribution in [2.45, 2.75) is 6.92 Å². The second-order valence-corrected chi connectivity index (χ2v) is 4.09. The number of aromatic hydroxyl groups is 1. The summed E-state index contributed by atoms with van der Waals surface area (Å²) in [5.74, 6) is -0.635. The normalized spacial score (nSPS) is 10.6. The van der Waals surface area contributed by atoms with E-state index in [1.807, 2.05) is 6.07 Å². The van der Waals surface area contributed by atoms with Gasteiger partial charge in [0.25, 0.3) is 0 Å². The summed E-state index contributed by atoms with van der Waals surface area (Å²) in [6, 6.07) is 5.39. The highest BCUT2D eigenvalue weighted by Gasteiger charge is 2.19. The van der Waals surface area contributed by atoms with Crippen molar-refractivity contribution in [3.05, 3.63) is 28.4 Å². The number of carbonyl (C=O) groups is 1. The summed E-state index contributed by atoms with van der Waals surface area (Å²) in [5, 5.41) is 10.5. The second-order valence-electron chi connectivity index (χ2n) is 3.23. The van der Waals surface area contributed by atoms with Gasteiger partial charge < -0.3 is 14.8 Å². The first-order chi connectivity index (χ1) is 7.65. The predicted octanol–water partition coefficient (Wildman–Crippen LogP) is 2.81. The van der Waals surface area contributed by atoms with Crippen LogP contribution in [-0.2, 0) is 4.74 Å². The Morgan fingerprint density at radius 2 is 2.31 bits per heavy atom. The zero-order valence-electron chi connectivity index (χ0n) is 8.58. The molecule has 0 fully saturated rings. The van der Waals surface area contributed by atoms with Crippen LogP contribution in [0.3, 0.4) is 0 Å². The minimum atomic E-state index is -0.553. The van der Waals surface area contributed by atoms with E-state index in [-0.39, 0.29) is 18.1 Å². The van der Waals surface area contributed by atoms with Crippen LogP contribution in [0, 0.1) is 0 Å². The number of H-pyrrole nitrogens is 1. The number of esters is 1. The maximum Gasteiger partial charge on any atom is 0.358 e. The quantitative estimate of drug-likeness (QED) is 0.833. The smallest absolute Gasteiger partial charge is 0.358 e. The van der Waals surface area contributed by atoms with Gasteiger partial charge in [0, 0.05) is 4.47 Å². The standard InChI is InChI=1S/C11H10BrNO3/c1-2-16-11(15)9-10(14)8-6(12)4-3-5-7(8)13-9/h3-5,13-14H,2H2,1H3. The maximum atomic E-state index is 11.5. The molecule has 5 heteroatoms. The molecule has 0 saturated heterocycles. The largest absolute Gasteiger partial charge is 0.505 e. The number of hydrogen-bond acceptors (Lipinski definition) is 3. The topological polar surface area (TPSA) is 62.3 Å². The van der Waals surface area contributed by atoms with Gasteiger partial charge in [-0.15, -0.1) is 0 Å². The molecule has 0 spiro atoms. The van der Waals surface area contributed by atoms with Gasteiger partial charge in [-0.25, -0.2) is 4.79 Å². The van der Waals surface area contributed by atoms with Crippen LogP contribution in [0.25, 0.3) is 10.9 Å². The predicted molar refractivity (Wildman–Crippen MR) is 63.6 cm³/mol. The third-order valence-corrected chi connectivity index (χ3v) is 2.89. The fraction of sp³-hybridized carbons (Fsp3) is 0.182. The maximum absolute atomic E-state index is 11.5. The molecule has 16 heavy (non-hydrogen) atoms. The molecule has 0 radical (unpaired) electrons. The lowest BCUT2D eigenvalue weighted by Crippen LogP contribution is -2.04. The molecule has 1 heterocycles. The molecule has 0 aliphatic rings. The van der Waals surface area contributed by atoms with Gasteiger partial charge in [0.05, 0.1) is 17.5 Å². The molecular weight excluding hydrogens is 274 g/mol. The van der Waals surface area contributed by atoms with Crippen molar-refractivity contribution in [2.75, 3.05) is 6.61 Å². The second kappa shape index (κ2) is 4.17. The monoisotopic (exact) mass is 283 g/mol. The number of ether oxygens (including phenoxy) is 1. The first-order valence-corrected chi connectivity index (χ1v) is 5.60. The molecule has 0 aliphatic heterocycles. The Morgan fingerprint density at radius 1 is 1.56 bits per heavy atom. The summed E-state index contributed by atoms with van der Waals surface area (Å²) >= 11 is 3.32. The van der Waals surface area contributed by atoms with Crippen molar-refractivity contribution >= 4 is 32.8 Å². The molecular formula is C11H10BrNO3. The molecule has 2 aromatic rings. The molecule has 84 valence electrons. The van der Waals surface area contributed by atoms with Crippen LogP contribution in [0.1, 0.15) is 17.4 Å². The van der Waals surface area contributed by atoms with E-state index in [4.69, 9.17) is 4.74 Å². The molecule has 1 aromatic heterocycles. The summed E-state index contributed by atoms with van der Waals surface area (Å²) in [6.07, 6.45) is 0. The lowest BCUT2D eigenvalue weighted by Gasteiger charge is -1.98. The molecule has 0 bridgehead atoms. The molecule has 0 saturated carbocycles. The third kappa shape index (κ3) is 1.67. The molecule has 4 nitrogen and oxygen atoms in total. The highest BCUT2D eigenvalue weighted by molar-refractivity contribution is 9.10. The average molecular weight is 284 g/mol.